The Morgan fingerprint density at radius 1 is 1.05 bits per heavy atom. The van der Waals surface area contributed by atoms with Gasteiger partial charge in [-0.3, -0.25) is 0 Å². The molecular formula is C16H22N2O3. The summed E-state index contributed by atoms with van der Waals surface area (Å²) in [6.45, 7) is 1.14. The molecule has 1 aliphatic rings. The average Bonchev–Trinajstić information content (AvgIpc) is 2.52. The summed E-state index contributed by atoms with van der Waals surface area (Å²) >= 11 is 0. The highest BCUT2D eigenvalue weighted by atomic mass is 16.4. The number of nitrogens with one attached hydrogen (secondary N) is 2. The van der Waals surface area contributed by atoms with Crippen LogP contribution in [0.5, 0.6) is 0 Å². The summed E-state index contributed by atoms with van der Waals surface area (Å²) in [5.74, 6) is -0.334. The maximum absolute atomic E-state index is 11.7. The van der Waals surface area contributed by atoms with Gasteiger partial charge in [-0.15, -0.1) is 0 Å². The van der Waals surface area contributed by atoms with Crippen molar-refractivity contribution in [1.29, 1.82) is 0 Å². The Labute approximate surface area is 124 Å². The molecule has 0 radical (unpaired) electrons. The first kappa shape index (κ1) is 15.4. The summed E-state index contributed by atoms with van der Waals surface area (Å²) < 4.78 is 0. The van der Waals surface area contributed by atoms with Crippen molar-refractivity contribution in [3.05, 3.63) is 35.4 Å². The van der Waals surface area contributed by atoms with Gasteiger partial charge in [0.1, 0.15) is 0 Å². The monoisotopic (exact) mass is 290 g/mol. The molecule has 0 spiro atoms. The van der Waals surface area contributed by atoms with Crippen LogP contribution in [0.25, 0.3) is 0 Å². The molecular weight excluding hydrogens is 268 g/mol. The minimum Gasteiger partial charge on any atom is -0.478 e. The maximum atomic E-state index is 11.7. The second-order valence-electron chi connectivity index (χ2n) is 5.57. The average molecular weight is 290 g/mol. The van der Waals surface area contributed by atoms with Gasteiger partial charge >= 0.3 is 12.0 Å². The molecule has 114 valence electrons. The lowest BCUT2D eigenvalue weighted by molar-refractivity contribution is 0.0697. The minimum atomic E-state index is -0.945. The molecule has 0 atom stereocenters. The van der Waals surface area contributed by atoms with E-state index < -0.39 is 5.97 Å². The second kappa shape index (κ2) is 7.67. The Morgan fingerprint density at radius 3 is 2.33 bits per heavy atom. The lowest BCUT2D eigenvalue weighted by Gasteiger charge is -2.21. The third-order valence-electron chi connectivity index (χ3n) is 3.93. The van der Waals surface area contributed by atoms with E-state index >= 15 is 0 Å². The first-order valence-corrected chi connectivity index (χ1v) is 7.49. The van der Waals surface area contributed by atoms with Crippen molar-refractivity contribution in [2.45, 2.75) is 38.6 Å². The van der Waals surface area contributed by atoms with Crippen LogP contribution in [-0.4, -0.2) is 23.7 Å². The molecule has 2 rings (SSSR count). The molecule has 1 aliphatic carbocycles. The van der Waals surface area contributed by atoms with Crippen LogP contribution in [0.2, 0.25) is 0 Å². The predicted octanol–water partition coefficient (Wildman–Crippen LogP) is 2.76. The fourth-order valence-electron chi connectivity index (χ4n) is 2.64. The highest BCUT2D eigenvalue weighted by Gasteiger charge is 2.14. The van der Waals surface area contributed by atoms with E-state index in [1.165, 1.54) is 32.1 Å². The number of aromatic carboxylic acids is 1. The largest absolute Gasteiger partial charge is 0.478 e. The van der Waals surface area contributed by atoms with Crippen molar-refractivity contribution in [3.63, 3.8) is 0 Å². The Hall–Kier alpha value is -2.04. The summed E-state index contributed by atoms with van der Waals surface area (Å²) in [7, 11) is 0. The second-order valence-corrected chi connectivity index (χ2v) is 5.57. The van der Waals surface area contributed by atoms with E-state index in [-0.39, 0.29) is 11.6 Å². The van der Waals surface area contributed by atoms with Crippen molar-refractivity contribution in [3.8, 4) is 0 Å². The van der Waals surface area contributed by atoms with Gasteiger partial charge in [0.2, 0.25) is 0 Å². The summed E-state index contributed by atoms with van der Waals surface area (Å²) in [4.78, 5) is 22.5. The van der Waals surface area contributed by atoms with Gasteiger partial charge in [-0.1, -0.05) is 31.4 Å². The van der Waals surface area contributed by atoms with E-state index in [1.54, 1.807) is 24.3 Å². The highest BCUT2D eigenvalue weighted by molar-refractivity contribution is 5.87. The van der Waals surface area contributed by atoms with E-state index in [2.05, 4.69) is 10.6 Å². The van der Waals surface area contributed by atoms with Crippen molar-refractivity contribution in [2.75, 3.05) is 6.54 Å². The Bertz CT molecular complexity index is 479. The molecule has 5 nitrogen and oxygen atoms in total. The van der Waals surface area contributed by atoms with E-state index in [4.69, 9.17) is 5.11 Å². The lowest BCUT2D eigenvalue weighted by atomic mass is 9.89. The Kier molecular flexibility index (Phi) is 5.60. The van der Waals surface area contributed by atoms with E-state index in [0.717, 1.165) is 12.1 Å². The number of carboxylic acid groups (broad SMARTS) is 1. The summed E-state index contributed by atoms with van der Waals surface area (Å²) in [6, 6.07) is 6.34. The van der Waals surface area contributed by atoms with Crippen LogP contribution in [-0.2, 0) is 6.54 Å². The fraction of sp³-hybridized carbons (Fsp3) is 0.500. The van der Waals surface area contributed by atoms with Gasteiger partial charge in [-0.25, -0.2) is 9.59 Å². The maximum Gasteiger partial charge on any atom is 0.335 e. The molecule has 0 unspecified atom stereocenters. The molecule has 1 fully saturated rings. The van der Waals surface area contributed by atoms with Crippen LogP contribution in [0.3, 0.4) is 0 Å². The van der Waals surface area contributed by atoms with Gasteiger partial charge in [-0.2, -0.15) is 0 Å². The van der Waals surface area contributed by atoms with Gasteiger partial charge in [0.25, 0.3) is 0 Å². The predicted molar refractivity (Wildman–Crippen MR) is 80.2 cm³/mol. The fourth-order valence-corrected chi connectivity index (χ4v) is 2.64. The van der Waals surface area contributed by atoms with E-state index in [9.17, 15) is 9.59 Å². The molecule has 1 aromatic rings. The van der Waals surface area contributed by atoms with Gasteiger partial charge in [0, 0.05) is 13.1 Å². The summed E-state index contributed by atoms with van der Waals surface area (Å²) in [5.41, 5.74) is 1.13. The Morgan fingerprint density at radius 2 is 1.71 bits per heavy atom. The standard InChI is InChI=1S/C16H22N2O3/c19-15(20)14-8-6-13(7-9-14)11-18-16(21)17-10-12-4-2-1-3-5-12/h6-9,12H,1-5,10-11H2,(H,19,20)(H2,17,18,21). The smallest absolute Gasteiger partial charge is 0.335 e. The SMILES string of the molecule is O=C(NCc1ccc(C(=O)O)cc1)NCC1CCCCC1. The first-order valence-electron chi connectivity index (χ1n) is 7.49. The van der Waals surface area contributed by atoms with Gasteiger partial charge < -0.3 is 15.7 Å². The number of rotatable bonds is 5. The number of carboxylic acids is 1. The van der Waals surface area contributed by atoms with Crippen LogP contribution in [0.4, 0.5) is 4.79 Å². The Balaban J connectivity index is 1.69. The molecule has 1 aromatic carbocycles. The quantitative estimate of drug-likeness (QED) is 0.780. The molecule has 0 heterocycles. The van der Waals surface area contributed by atoms with Crippen molar-refractivity contribution < 1.29 is 14.7 Å². The topological polar surface area (TPSA) is 78.4 Å². The van der Waals surface area contributed by atoms with Gasteiger partial charge in [-0.05, 0) is 36.5 Å². The number of hydrogen-bond acceptors (Lipinski definition) is 2. The summed E-state index contributed by atoms with van der Waals surface area (Å²) in [6.07, 6.45) is 6.26. The number of benzene rings is 1. The molecule has 3 N–H and O–H groups in total. The zero-order valence-corrected chi connectivity index (χ0v) is 12.1. The number of carbonyl (C=O) groups is 2. The molecule has 0 bridgehead atoms. The van der Waals surface area contributed by atoms with E-state index in [0.29, 0.717) is 12.5 Å². The molecule has 0 aliphatic heterocycles. The molecule has 21 heavy (non-hydrogen) atoms. The molecule has 2 amide bonds. The molecule has 0 saturated heterocycles. The molecule has 0 aromatic heterocycles. The summed E-state index contributed by atoms with van der Waals surface area (Å²) in [5, 5.41) is 14.5. The number of amides is 2. The zero-order valence-electron chi connectivity index (χ0n) is 12.1. The van der Waals surface area contributed by atoms with Crippen molar-refractivity contribution in [1.82, 2.24) is 10.6 Å². The van der Waals surface area contributed by atoms with Crippen LogP contribution in [0.1, 0.15) is 48.0 Å². The third kappa shape index (κ3) is 5.10. The van der Waals surface area contributed by atoms with Crippen LogP contribution in [0.15, 0.2) is 24.3 Å². The van der Waals surface area contributed by atoms with Crippen LogP contribution in [0, 0.1) is 5.92 Å². The van der Waals surface area contributed by atoms with Crippen LogP contribution < -0.4 is 10.6 Å². The van der Waals surface area contributed by atoms with Gasteiger partial charge in [0.05, 0.1) is 5.56 Å². The number of carbonyl (C=O) groups excluding carboxylic acids is 1. The van der Waals surface area contributed by atoms with Crippen LogP contribution >= 0.6 is 0 Å². The zero-order chi connectivity index (χ0) is 15.1. The minimum absolute atomic E-state index is 0.164. The molecule has 1 saturated carbocycles. The lowest BCUT2D eigenvalue weighted by Crippen LogP contribution is -2.38. The number of hydrogen-bond donors (Lipinski definition) is 3. The first-order chi connectivity index (χ1) is 10.1. The highest BCUT2D eigenvalue weighted by Crippen LogP contribution is 2.22. The normalized spacial score (nSPS) is 15.4. The third-order valence-corrected chi connectivity index (χ3v) is 3.93. The van der Waals surface area contributed by atoms with Crippen molar-refractivity contribution in [2.24, 2.45) is 5.92 Å². The number of urea groups is 1. The van der Waals surface area contributed by atoms with E-state index in [1.807, 2.05) is 0 Å². The van der Waals surface area contributed by atoms with Crippen molar-refractivity contribution >= 4 is 12.0 Å². The van der Waals surface area contributed by atoms with Gasteiger partial charge in [0.15, 0.2) is 0 Å². The molecule has 5 heteroatoms.